The van der Waals surface area contributed by atoms with Crippen molar-refractivity contribution in [1.82, 2.24) is 4.57 Å². The lowest BCUT2D eigenvalue weighted by Crippen LogP contribution is -2.30. The molecule has 27 heavy (non-hydrogen) atoms. The van der Waals surface area contributed by atoms with E-state index in [0.717, 1.165) is 48.9 Å². The predicted molar refractivity (Wildman–Crippen MR) is 107 cm³/mol. The first kappa shape index (κ1) is 18.9. The van der Waals surface area contributed by atoms with Crippen LogP contribution < -0.4 is 5.56 Å². The van der Waals surface area contributed by atoms with E-state index >= 15 is 0 Å². The predicted octanol–water partition coefficient (Wildman–Crippen LogP) is 4.61. The molecule has 1 aromatic heterocycles. The highest BCUT2D eigenvalue weighted by Gasteiger charge is 2.24. The minimum atomic E-state index is -0.400. The topological polar surface area (TPSA) is 78.4 Å². The molecule has 0 atom stereocenters. The van der Waals surface area contributed by atoms with Crippen LogP contribution in [0.1, 0.15) is 66.0 Å². The minimum absolute atomic E-state index is 0.0631. The molecule has 0 amide bonds. The van der Waals surface area contributed by atoms with Crippen molar-refractivity contribution in [3.63, 3.8) is 0 Å². The number of aliphatic imine (C=N–C) groups is 1. The number of hydrogen-bond donors (Lipinski definition) is 1. The largest absolute Gasteiger partial charge is 0.494 e. The highest BCUT2D eigenvalue weighted by atomic mass is 16.3. The van der Waals surface area contributed by atoms with Gasteiger partial charge in [-0.05, 0) is 56.4 Å². The van der Waals surface area contributed by atoms with Crippen molar-refractivity contribution in [3.8, 4) is 11.9 Å². The number of aromatic hydroxyl groups is 1. The van der Waals surface area contributed by atoms with E-state index in [1.807, 2.05) is 38.1 Å². The van der Waals surface area contributed by atoms with Crippen molar-refractivity contribution in [2.45, 2.75) is 58.9 Å². The number of aromatic nitrogens is 1. The average molecular weight is 363 g/mol. The van der Waals surface area contributed by atoms with E-state index in [2.05, 4.69) is 4.99 Å². The van der Waals surface area contributed by atoms with Gasteiger partial charge in [0.15, 0.2) is 0 Å². The number of hydrogen-bond acceptors (Lipinski definition) is 4. The first-order chi connectivity index (χ1) is 12.9. The fourth-order valence-corrected chi connectivity index (χ4v) is 3.77. The third-order valence-corrected chi connectivity index (χ3v) is 5.43. The van der Waals surface area contributed by atoms with Crippen LogP contribution in [0.15, 0.2) is 28.0 Å². The van der Waals surface area contributed by atoms with Gasteiger partial charge in [0.2, 0.25) is 5.88 Å². The molecule has 0 spiro atoms. The van der Waals surface area contributed by atoms with Gasteiger partial charge >= 0.3 is 0 Å². The normalized spacial score (nSPS) is 15.2. The molecule has 1 aliphatic rings. The Morgan fingerprint density at radius 1 is 1.22 bits per heavy atom. The zero-order chi connectivity index (χ0) is 19.6. The van der Waals surface area contributed by atoms with Crippen LogP contribution in [0.25, 0.3) is 0 Å². The SMILES string of the molecule is Cc1ccc(C)c(N=Cc2c(C)c(C#N)c(=O)n(C3CCCCC3)c2O)c1. The summed E-state index contributed by atoms with van der Waals surface area (Å²) in [6.45, 7) is 5.66. The quantitative estimate of drug-likeness (QED) is 0.809. The molecule has 5 heteroatoms. The highest BCUT2D eigenvalue weighted by molar-refractivity contribution is 5.87. The second kappa shape index (κ2) is 7.79. The molecule has 1 aromatic carbocycles. The van der Waals surface area contributed by atoms with Crippen LogP contribution >= 0.6 is 0 Å². The molecule has 0 bridgehead atoms. The second-order valence-electron chi connectivity index (χ2n) is 7.36. The zero-order valence-corrected chi connectivity index (χ0v) is 16.1. The van der Waals surface area contributed by atoms with Crippen molar-refractivity contribution in [3.05, 3.63) is 56.4 Å². The summed E-state index contributed by atoms with van der Waals surface area (Å²) in [6.07, 6.45) is 6.45. The van der Waals surface area contributed by atoms with Gasteiger partial charge in [0.25, 0.3) is 5.56 Å². The third kappa shape index (κ3) is 3.66. The van der Waals surface area contributed by atoms with E-state index in [4.69, 9.17) is 0 Å². The van der Waals surface area contributed by atoms with Crippen LogP contribution in [0, 0.1) is 32.1 Å². The number of nitriles is 1. The zero-order valence-electron chi connectivity index (χ0n) is 16.1. The summed E-state index contributed by atoms with van der Waals surface area (Å²) in [6, 6.07) is 7.95. The first-order valence-electron chi connectivity index (χ1n) is 9.43. The number of nitrogens with zero attached hydrogens (tertiary/aromatic N) is 3. The van der Waals surface area contributed by atoms with Gasteiger partial charge in [-0.25, -0.2) is 0 Å². The lowest BCUT2D eigenvalue weighted by atomic mass is 9.94. The van der Waals surface area contributed by atoms with Gasteiger partial charge in [-0.1, -0.05) is 31.4 Å². The van der Waals surface area contributed by atoms with Crippen LogP contribution in [-0.4, -0.2) is 15.9 Å². The van der Waals surface area contributed by atoms with Crippen molar-refractivity contribution >= 4 is 11.9 Å². The molecule has 1 aliphatic carbocycles. The Balaban J connectivity index is 2.14. The number of rotatable bonds is 3. The molecule has 140 valence electrons. The van der Waals surface area contributed by atoms with Crippen LogP contribution in [0.4, 0.5) is 5.69 Å². The molecule has 0 saturated heterocycles. The van der Waals surface area contributed by atoms with E-state index in [9.17, 15) is 15.2 Å². The van der Waals surface area contributed by atoms with E-state index in [1.54, 1.807) is 13.1 Å². The minimum Gasteiger partial charge on any atom is -0.494 e. The summed E-state index contributed by atoms with van der Waals surface area (Å²) in [5, 5.41) is 20.4. The summed E-state index contributed by atoms with van der Waals surface area (Å²) in [5.74, 6) is -0.0857. The van der Waals surface area contributed by atoms with Gasteiger partial charge in [-0.3, -0.25) is 14.4 Å². The maximum Gasteiger partial charge on any atom is 0.271 e. The van der Waals surface area contributed by atoms with E-state index in [-0.39, 0.29) is 17.5 Å². The molecule has 5 nitrogen and oxygen atoms in total. The molecule has 2 aromatic rings. The van der Waals surface area contributed by atoms with Gasteiger partial charge in [0, 0.05) is 12.3 Å². The van der Waals surface area contributed by atoms with Crippen molar-refractivity contribution in [1.29, 1.82) is 5.26 Å². The number of aryl methyl sites for hydroxylation is 2. The maximum atomic E-state index is 12.8. The first-order valence-corrected chi connectivity index (χ1v) is 9.43. The Hall–Kier alpha value is -2.87. The molecule has 3 rings (SSSR count). The Bertz CT molecular complexity index is 990. The molecule has 1 fully saturated rings. The molecule has 0 aliphatic heterocycles. The van der Waals surface area contributed by atoms with Crippen molar-refractivity contribution < 1.29 is 5.11 Å². The fourth-order valence-electron chi connectivity index (χ4n) is 3.77. The summed E-state index contributed by atoms with van der Waals surface area (Å²) in [4.78, 5) is 17.3. The van der Waals surface area contributed by atoms with Crippen molar-refractivity contribution in [2.75, 3.05) is 0 Å². The van der Waals surface area contributed by atoms with E-state index < -0.39 is 5.56 Å². The molecule has 1 heterocycles. The summed E-state index contributed by atoms with van der Waals surface area (Å²) in [7, 11) is 0. The summed E-state index contributed by atoms with van der Waals surface area (Å²) in [5.41, 5.74) is 3.53. The van der Waals surface area contributed by atoms with Crippen molar-refractivity contribution in [2.24, 2.45) is 4.99 Å². The molecular formula is C22H25N3O2. The Morgan fingerprint density at radius 3 is 2.59 bits per heavy atom. The van der Waals surface area contributed by atoms with Gasteiger partial charge in [0.05, 0.1) is 11.3 Å². The lowest BCUT2D eigenvalue weighted by Gasteiger charge is -2.26. The Labute approximate surface area is 159 Å². The smallest absolute Gasteiger partial charge is 0.271 e. The average Bonchev–Trinajstić information content (AvgIpc) is 2.65. The third-order valence-electron chi connectivity index (χ3n) is 5.43. The highest BCUT2D eigenvalue weighted by Crippen LogP contribution is 2.32. The Morgan fingerprint density at radius 2 is 1.93 bits per heavy atom. The van der Waals surface area contributed by atoms with E-state index in [0.29, 0.717) is 11.1 Å². The standard InChI is InChI=1S/C22H25N3O2/c1-14-9-10-15(2)20(11-14)24-13-19-16(3)18(12-23)21(26)25(22(19)27)17-7-5-4-6-8-17/h9-11,13,17,27H,4-8H2,1-3H3. The summed E-state index contributed by atoms with van der Waals surface area (Å²) < 4.78 is 1.41. The fraction of sp³-hybridized carbons (Fsp3) is 0.409. The Kier molecular flexibility index (Phi) is 5.46. The van der Waals surface area contributed by atoms with Gasteiger partial charge < -0.3 is 5.11 Å². The van der Waals surface area contributed by atoms with Gasteiger partial charge in [-0.2, -0.15) is 5.26 Å². The van der Waals surface area contributed by atoms with Crippen LogP contribution in [-0.2, 0) is 0 Å². The van der Waals surface area contributed by atoms with Crippen LogP contribution in [0.2, 0.25) is 0 Å². The van der Waals surface area contributed by atoms with Crippen LogP contribution in [0.5, 0.6) is 5.88 Å². The van der Waals surface area contributed by atoms with E-state index in [1.165, 1.54) is 4.57 Å². The van der Waals surface area contributed by atoms with Gasteiger partial charge in [-0.15, -0.1) is 0 Å². The molecule has 0 radical (unpaired) electrons. The lowest BCUT2D eigenvalue weighted by molar-refractivity contribution is 0.303. The molecule has 0 unspecified atom stereocenters. The monoisotopic (exact) mass is 363 g/mol. The number of benzene rings is 1. The molecule has 1 saturated carbocycles. The number of pyridine rings is 1. The molecule has 1 N–H and O–H groups in total. The second-order valence-corrected chi connectivity index (χ2v) is 7.36. The summed E-state index contributed by atoms with van der Waals surface area (Å²) >= 11 is 0. The maximum absolute atomic E-state index is 12.8. The van der Waals surface area contributed by atoms with Gasteiger partial charge in [0.1, 0.15) is 11.6 Å². The van der Waals surface area contributed by atoms with Crippen LogP contribution in [0.3, 0.4) is 0 Å². The molecular weight excluding hydrogens is 338 g/mol.